The summed E-state index contributed by atoms with van der Waals surface area (Å²) in [7, 11) is 1.37. The number of aromatic nitrogens is 6. The molecule has 4 heterocycles. The minimum absolute atomic E-state index is 0.0678. The Bertz CT molecular complexity index is 1020. The molecule has 0 N–H and O–H groups in total. The number of hydrogen-bond acceptors (Lipinski definition) is 6. The van der Waals surface area contributed by atoms with Gasteiger partial charge in [-0.2, -0.15) is 15.3 Å². The highest BCUT2D eigenvalue weighted by molar-refractivity contribution is 5.91. The van der Waals surface area contributed by atoms with Crippen LogP contribution >= 0.6 is 0 Å². The van der Waals surface area contributed by atoms with E-state index in [1.54, 1.807) is 29.3 Å². The van der Waals surface area contributed by atoms with Crippen LogP contribution in [0.25, 0.3) is 28.0 Å². The van der Waals surface area contributed by atoms with Crippen LogP contribution in [0.2, 0.25) is 0 Å². The number of nitrogens with zero attached hydrogens (tertiary/aromatic N) is 6. The smallest absolute Gasteiger partial charge is 0.250 e. The van der Waals surface area contributed by atoms with Crippen LogP contribution in [0.1, 0.15) is 0 Å². The van der Waals surface area contributed by atoms with Gasteiger partial charge in [-0.15, -0.1) is 0 Å². The summed E-state index contributed by atoms with van der Waals surface area (Å²) in [6, 6.07) is 6.83. The van der Waals surface area contributed by atoms with Gasteiger partial charge < -0.3 is 4.74 Å². The van der Waals surface area contributed by atoms with Crippen LogP contribution in [-0.2, 0) is 0 Å². The first kappa shape index (κ1) is 14.2. The number of pyridine rings is 2. The zero-order valence-electron chi connectivity index (χ0n) is 12.6. The SMILES string of the molecule is COc1ncc(-n2nc(-c3ccnnc3)c3cccnc32)cc1F. The topological polar surface area (TPSA) is 78.6 Å². The Kier molecular flexibility index (Phi) is 3.34. The first-order chi connectivity index (χ1) is 11.8. The second-order valence-electron chi connectivity index (χ2n) is 4.95. The van der Waals surface area contributed by atoms with Crippen molar-refractivity contribution in [2.75, 3.05) is 7.11 Å². The maximum absolute atomic E-state index is 14.0. The molecule has 0 aliphatic carbocycles. The molecule has 4 aromatic rings. The molecule has 4 rings (SSSR count). The molecule has 0 spiro atoms. The van der Waals surface area contributed by atoms with Crippen molar-refractivity contribution in [1.29, 1.82) is 0 Å². The standard InChI is InChI=1S/C16H11FN6O/c1-24-16-13(17)7-11(9-19-16)23-15-12(3-2-5-18-15)14(22-23)10-4-6-20-21-8-10/h2-9H,1H3. The molecule has 0 amide bonds. The molecular formula is C16H11FN6O. The van der Waals surface area contributed by atoms with Gasteiger partial charge in [0.25, 0.3) is 0 Å². The van der Waals surface area contributed by atoms with Crippen molar-refractivity contribution in [2.45, 2.75) is 0 Å². The molecule has 0 aromatic carbocycles. The fourth-order valence-corrected chi connectivity index (χ4v) is 2.46. The Labute approximate surface area is 135 Å². The lowest BCUT2D eigenvalue weighted by atomic mass is 10.1. The van der Waals surface area contributed by atoms with Gasteiger partial charge in [0.1, 0.15) is 5.69 Å². The zero-order valence-corrected chi connectivity index (χ0v) is 12.6. The van der Waals surface area contributed by atoms with Crippen LogP contribution < -0.4 is 4.74 Å². The van der Waals surface area contributed by atoms with E-state index in [-0.39, 0.29) is 5.88 Å². The molecule has 0 unspecified atom stereocenters. The third kappa shape index (κ3) is 2.24. The van der Waals surface area contributed by atoms with E-state index in [9.17, 15) is 4.39 Å². The minimum Gasteiger partial charge on any atom is -0.479 e. The normalized spacial score (nSPS) is 10.9. The predicted octanol–water partition coefficient (Wildman–Crippen LogP) is 2.42. The van der Waals surface area contributed by atoms with Crippen LogP contribution in [-0.4, -0.2) is 37.1 Å². The van der Waals surface area contributed by atoms with Crippen molar-refractivity contribution < 1.29 is 9.13 Å². The van der Waals surface area contributed by atoms with E-state index in [1.807, 2.05) is 12.1 Å². The number of fused-ring (bicyclic) bond motifs is 1. The molecule has 0 atom stereocenters. The van der Waals surface area contributed by atoms with Crippen LogP contribution in [0.15, 0.2) is 49.1 Å². The third-order valence-electron chi connectivity index (χ3n) is 3.53. The molecule has 7 nitrogen and oxygen atoms in total. The Morgan fingerprint density at radius 3 is 2.75 bits per heavy atom. The van der Waals surface area contributed by atoms with Crippen LogP contribution in [0, 0.1) is 5.82 Å². The molecule has 0 aliphatic rings. The van der Waals surface area contributed by atoms with Crippen molar-refractivity contribution in [3.8, 4) is 22.8 Å². The molecule has 0 saturated heterocycles. The Hall–Kier alpha value is -3.42. The number of halogens is 1. The summed E-state index contributed by atoms with van der Waals surface area (Å²) >= 11 is 0. The largest absolute Gasteiger partial charge is 0.479 e. The highest BCUT2D eigenvalue weighted by atomic mass is 19.1. The molecule has 0 saturated carbocycles. The average Bonchev–Trinajstić information content (AvgIpc) is 3.02. The molecule has 118 valence electrons. The molecule has 0 fully saturated rings. The van der Waals surface area contributed by atoms with E-state index < -0.39 is 5.82 Å². The van der Waals surface area contributed by atoms with Gasteiger partial charge in [0.2, 0.25) is 5.88 Å². The van der Waals surface area contributed by atoms with Crippen molar-refractivity contribution in [1.82, 2.24) is 29.9 Å². The minimum atomic E-state index is -0.568. The Morgan fingerprint density at radius 2 is 2.00 bits per heavy atom. The lowest BCUT2D eigenvalue weighted by Crippen LogP contribution is -2.01. The van der Waals surface area contributed by atoms with Gasteiger partial charge in [0.05, 0.1) is 31.4 Å². The van der Waals surface area contributed by atoms with Gasteiger partial charge in [-0.25, -0.2) is 19.0 Å². The summed E-state index contributed by atoms with van der Waals surface area (Å²) in [6.07, 6.45) is 6.34. The number of rotatable bonds is 3. The van der Waals surface area contributed by atoms with Crippen molar-refractivity contribution in [3.63, 3.8) is 0 Å². The van der Waals surface area contributed by atoms with E-state index in [2.05, 4.69) is 25.3 Å². The molecule has 0 radical (unpaired) electrons. The van der Waals surface area contributed by atoms with Crippen molar-refractivity contribution >= 4 is 11.0 Å². The summed E-state index contributed by atoms with van der Waals surface area (Å²) in [5.41, 5.74) is 2.52. The lowest BCUT2D eigenvalue weighted by molar-refractivity contribution is 0.369. The molecular weight excluding hydrogens is 311 g/mol. The zero-order chi connectivity index (χ0) is 16.5. The number of ether oxygens (including phenoxy) is 1. The maximum Gasteiger partial charge on any atom is 0.250 e. The number of hydrogen-bond donors (Lipinski definition) is 0. The highest BCUT2D eigenvalue weighted by Crippen LogP contribution is 2.28. The molecule has 4 aromatic heterocycles. The van der Waals surface area contributed by atoms with E-state index in [0.717, 1.165) is 10.9 Å². The van der Waals surface area contributed by atoms with E-state index in [1.165, 1.54) is 19.4 Å². The van der Waals surface area contributed by atoms with Crippen LogP contribution in [0.3, 0.4) is 0 Å². The quantitative estimate of drug-likeness (QED) is 0.576. The molecule has 24 heavy (non-hydrogen) atoms. The summed E-state index contributed by atoms with van der Waals surface area (Å²) in [5.74, 6) is -0.636. The first-order valence-corrected chi connectivity index (χ1v) is 7.08. The highest BCUT2D eigenvalue weighted by Gasteiger charge is 2.16. The van der Waals surface area contributed by atoms with E-state index in [0.29, 0.717) is 17.0 Å². The van der Waals surface area contributed by atoms with Gasteiger partial charge in [-0.3, -0.25) is 0 Å². The van der Waals surface area contributed by atoms with Gasteiger partial charge >= 0.3 is 0 Å². The van der Waals surface area contributed by atoms with Crippen molar-refractivity contribution in [2.24, 2.45) is 0 Å². The fourth-order valence-electron chi connectivity index (χ4n) is 2.46. The Balaban J connectivity index is 1.95. The van der Waals surface area contributed by atoms with E-state index in [4.69, 9.17) is 4.74 Å². The van der Waals surface area contributed by atoms with Crippen LogP contribution in [0.4, 0.5) is 4.39 Å². The summed E-state index contributed by atoms with van der Waals surface area (Å²) in [4.78, 5) is 8.31. The second-order valence-corrected chi connectivity index (χ2v) is 4.95. The monoisotopic (exact) mass is 322 g/mol. The van der Waals surface area contributed by atoms with Gasteiger partial charge in [-0.05, 0) is 18.2 Å². The van der Waals surface area contributed by atoms with Crippen molar-refractivity contribution in [3.05, 3.63) is 54.9 Å². The molecule has 8 heteroatoms. The Morgan fingerprint density at radius 1 is 1.08 bits per heavy atom. The van der Waals surface area contributed by atoms with Gasteiger partial charge in [0.15, 0.2) is 11.5 Å². The summed E-state index contributed by atoms with van der Waals surface area (Å²) in [6.45, 7) is 0. The molecule has 0 aliphatic heterocycles. The summed E-state index contributed by atoms with van der Waals surface area (Å²) < 4.78 is 20.4. The second kappa shape index (κ2) is 5.65. The predicted molar refractivity (Wildman–Crippen MR) is 84.2 cm³/mol. The summed E-state index contributed by atoms with van der Waals surface area (Å²) in [5, 5.41) is 13.0. The third-order valence-corrected chi connectivity index (χ3v) is 3.53. The lowest BCUT2D eigenvalue weighted by Gasteiger charge is -2.05. The first-order valence-electron chi connectivity index (χ1n) is 7.08. The van der Waals surface area contributed by atoms with Gasteiger partial charge in [-0.1, -0.05) is 0 Å². The average molecular weight is 322 g/mol. The fraction of sp³-hybridized carbons (Fsp3) is 0.0625. The van der Waals surface area contributed by atoms with Crippen LogP contribution in [0.5, 0.6) is 5.88 Å². The van der Waals surface area contributed by atoms with E-state index >= 15 is 0 Å². The number of methoxy groups -OCH3 is 1. The maximum atomic E-state index is 14.0. The van der Waals surface area contributed by atoms with Gasteiger partial charge in [0, 0.05) is 23.2 Å². The molecule has 0 bridgehead atoms.